The third kappa shape index (κ3) is 7.16. The number of aliphatic carboxylic acids is 2. The van der Waals surface area contributed by atoms with Crippen LogP contribution in [0.2, 0.25) is 0 Å². The zero-order chi connectivity index (χ0) is 18.0. The van der Waals surface area contributed by atoms with Gasteiger partial charge < -0.3 is 10.2 Å². The zero-order valence-electron chi connectivity index (χ0n) is 12.6. The molecule has 0 aromatic heterocycles. The number of hydrogen-bond donors (Lipinski definition) is 2. The molecule has 128 valence electrons. The minimum absolute atomic E-state index is 0.0730. The van der Waals surface area contributed by atoms with Crippen LogP contribution in [0.25, 0.3) is 0 Å². The Balaban J connectivity index is 5.26. The van der Waals surface area contributed by atoms with E-state index in [2.05, 4.69) is 0 Å². The minimum atomic E-state index is -1.28. The molecule has 0 unspecified atom stereocenters. The lowest BCUT2D eigenvalue weighted by atomic mass is 10.2. The Morgan fingerprint density at radius 2 is 1.22 bits per heavy atom. The quantitative estimate of drug-likeness (QED) is 0.435. The van der Waals surface area contributed by atoms with Gasteiger partial charge in [0.05, 0.1) is 12.8 Å². The van der Waals surface area contributed by atoms with Crippen molar-refractivity contribution in [2.45, 2.75) is 45.4 Å². The molecule has 4 amide bonds. The van der Waals surface area contributed by atoms with E-state index in [9.17, 15) is 28.8 Å². The minimum Gasteiger partial charge on any atom is -0.481 e. The Labute approximate surface area is 131 Å². The summed E-state index contributed by atoms with van der Waals surface area (Å²) in [5.41, 5.74) is 0. The van der Waals surface area contributed by atoms with Gasteiger partial charge in [0.25, 0.3) is 0 Å². The summed E-state index contributed by atoms with van der Waals surface area (Å²) < 4.78 is 0. The molecule has 0 aromatic carbocycles. The molecule has 0 aliphatic rings. The molecule has 0 spiro atoms. The molecule has 0 atom stereocenters. The SMILES string of the molecule is CCCC(=O)N(C(=O)CCC(=O)O)N(C=O)C(=O)CCC(=O)O. The number of carbonyl (C=O) groups excluding carboxylic acids is 4. The first-order valence-corrected chi connectivity index (χ1v) is 6.81. The predicted octanol–water partition coefficient (Wildman–Crippen LogP) is -0.229. The Morgan fingerprint density at radius 1 is 0.783 bits per heavy atom. The summed E-state index contributed by atoms with van der Waals surface area (Å²) in [6.45, 7) is 1.63. The van der Waals surface area contributed by atoms with E-state index in [-0.39, 0.29) is 22.8 Å². The first-order chi connectivity index (χ1) is 10.7. The molecule has 0 saturated carbocycles. The van der Waals surface area contributed by atoms with Gasteiger partial charge in [-0.1, -0.05) is 6.92 Å². The highest BCUT2D eigenvalue weighted by molar-refractivity contribution is 6.01. The lowest BCUT2D eigenvalue weighted by Crippen LogP contribution is -2.52. The van der Waals surface area contributed by atoms with Crippen molar-refractivity contribution in [2.75, 3.05) is 0 Å². The van der Waals surface area contributed by atoms with Gasteiger partial charge in [0.15, 0.2) is 0 Å². The molecule has 2 N–H and O–H groups in total. The average Bonchev–Trinajstić information content (AvgIpc) is 2.47. The highest BCUT2D eigenvalue weighted by Crippen LogP contribution is 2.09. The van der Waals surface area contributed by atoms with Crippen LogP contribution in [-0.2, 0) is 28.8 Å². The number of rotatable bonds is 9. The van der Waals surface area contributed by atoms with E-state index in [1.807, 2.05) is 0 Å². The molecular formula is C13H18N2O8. The summed E-state index contributed by atoms with van der Waals surface area (Å²) in [5.74, 6) is -5.49. The van der Waals surface area contributed by atoms with Crippen LogP contribution in [0.15, 0.2) is 0 Å². The zero-order valence-corrected chi connectivity index (χ0v) is 12.6. The summed E-state index contributed by atoms with van der Waals surface area (Å²) in [6, 6.07) is 0. The van der Waals surface area contributed by atoms with E-state index >= 15 is 0 Å². The monoisotopic (exact) mass is 330 g/mol. The molecule has 0 bridgehead atoms. The first-order valence-electron chi connectivity index (χ1n) is 6.81. The highest BCUT2D eigenvalue weighted by Gasteiger charge is 2.31. The highest BCUT2D eigenvalue weighted by atomic mass is 16.4. The Hall–Kier alpha value is -2.78. The second-order valence-electron chi connectivity index (χ2n) is 4.48. The number of carboxylic acids is 2. The van der Waals surface area contributed by atoms with Crippen molar-refractivity contribution in [2.24, 2.45) is 0 Å². The summed E-state index contributed by atoms with van der Waals surface area (Å²) in [7, 11) is 0. The van der Waals surface area contributed by atoms with Gasteiger partial charge in [-0.2, -0.15) is 10.0 Å². The molecule has 0 heterocycles. The second-order valence-corrected chi connectivity index (χ2v) is 4.48. The van der Waals surface area contributed by atoms with E-state index < -0.39 is 55.3 Å². The van der Waals surface area contributed by atoms with Crippen molar-refractivity contribution in [1.29, 1.82) is 0 Å². The van der Waals surface area contributed by atoms with Crippen LogP contribution in [0.3, 0.4) is 0 Å². The smallest absolute Gasteiger partial charge is 0.303 e. The lowest BCUT2D eigenvalue weighted by Gasteiger charge is -2.28. The van der Waals surface area contributed by atoms with Gasteiger partial charge in [-0.3, -0.25) is 28.8 Å². The Morgan fingerprint density at radius 3 is 1.61 bits per heavy atom. The number of amides is 4. The standard InChI is InChI=1S/C13H18N2O8/c1-2-3-10(18)15(11(19)5-7-13(22)23)14(8-16)9(17)4-6-12(20)21/h8H,2-7H2,1H3,(H,20,21)(H,22,23). The Bertz CT molecular complexity index is 502. The van der Waals surface area contributed by atoms with Crippen LogP contribution >= 0.6 is 0 Å². The number of carbonyl (C=O) groups is 6. The molecule has 10 heteroatoms. The lowest BCUT2D eigenvalue weighted by molar-refractivity contribution is -0.176. The molecule has 23 heavy (non-hydrogen) atoms. The molecular weight excluding hydrogens is 312 g/mol. The molecule has 0 radical (unpaired) electrons. The van der Waals surface area contributed by atoms with Gasteiger partial charge >= 0.3 is 11.9 Å². The van der Waals surface area contributed by atoms with Crippen molar-refractivity contribution in [3.05, 3.63) is 0 Å². The largest absolute Gasteiger partial charge is 0.481 e. The van der Waals surface area contributed by atoms with Crippen LogP contribution in [0.5, 0.6) is 0 Å². The van der Waals surface area contributed by atoms with Gasteiger partial charge in [0, 0.05) is 19.3 Å². The molecule has 10 nitrogen and oxygen atoms in total. The molecule has 0 rings (SSSR count). The summed E-state index contributed by atoms with van der Waals surface area (Å²) in [5, 5.41) is 17.6. The fraction of sp³-hybridized carbons (Fsp3) is 0.538. The first kappa shape index (κ1) is 20.2. The van der Waals surface area contributed by atoms with Crippen LogP contribution in [-0.4, -0.2) is 56.3 Å². The number of hydrogen-bond acceptors (Lipinski definition) is 6. The number of hydrazine groups is 1. The number of imide groups is 2. The van der Waals surface area contributed by atoms with Crippen LogP contribution < -0.4 is 0 Å². The van der Waals surface area contributed by atoms with Gasteiger partial charge in [-0.05, 0) is 6.42 Å². The van der Waals surface area contributed by atoms with Crippen molar-refractivity contribution in [3.63, 3.8) is 0 Å². The third-order valence-electron chi connectivity index (χ3n) is 2.61. The topological polar surface area (TPSA) is 149 Å². The van der Waals surface area contributed by atoms with Gasteiger partial charge in [0.2, 0.25) is 24.1 Å². The fourth-order valence-corrected chi connectivity index (χ4v) is 1.56. The second kappa shape index (κ2) is 10.0. The maximum atomic E-state index is 12.0. The normalized spacial score (nSPS) is 9.78. The van der Waals surface area contributed by atoms with Crippen molar-refractivity contribution < 1.29 is 39.0 Å². The summed E-state index contributed by atoms with van der Waals surface area (Å²) in [4.78, 5) is 67.8. The van der Waals surface area contributed by atoms with E-state index in [4.69, 9.17) is 10.2 Å². The van der Waals surface area contributed by atoms with Gasteiger partial charge in [0.1, 0.15) is 0 Å². The van der Waals surface area contributed by atoms with E-state index in [0.717, 1.165) is 0 Å². The van der Waals surface area contributed by atoms with Crippen molar-refractivity contribution in [3.8, 4) is 0 Å². The number of nitrogens with zero attached hydrogens (tertiary/aromatic N) is 2. The predicted molar refractivity (Wildman–Crippen MR) is 73.4 cm³/mol. The van der Waals surface area contributed by atoms with E-state index in [0.29, 0.717) is 6.42 Å². The van der Waals surface area contributed by atoms with Crippen molar-refractivity contribution in [1.82, 2.24) is 10.0 Å². The number of carboxylic acid groups (broad SMARTS) is 2. The molecule has 0 aliphatic heterocycles. The molecule has 0 saturated heterocycles. The average molecular weight is 330 g/mol. The molecule has 0 aliphatic carbocycles. The van der Waals surface area contributed by atoms with Crippen molar-refractivity contribution >= 4 is 36.1 Å². The van der Waals surface area contributed by atoms with Crippen LogP contribution in [0.1, 0.15) is 45.4 Å². The van der Waals surface area contributed by atoms with E-state index in [1.54, 1.807) is 6.92 Å². The van der Waals surface area contributed by atoms with Crippen LogP contribution in [0.4, 0.5) is 0 Å². The summed E-state index contributed by atoms with van der Waals surface area (Å²) in [6.07, 6.45) is -2.21. The maximum Gasteiger partial charge on any atom is 0.303 e. The molecule has 0 fully saturated rings. The fourth-order valence-electron chi connectivity index (χ4n) is 1.56. The van der Waals surface area contributed by atoms with Crippen LogP contribution in [0, 0.1) is 0 Å². The third-order valence-corrected chi connectivity index (χ3v) is 2.61. The van der Waals surface area contributed by atoms with Gasteiger partial charge in [-0.15, -0.1) is 0 Å². The van der Waals surface area contributed by atoms with Gasteiger partial charge in [-0.25, -0.2) is 0 Å². The van der Waals surface area contributed by atoms with E-state index in [1.165, 1.54) is 0 Å². The molecule has 0 aromatic rings. The maximum absolute atomic E-state index is 12.0. The Kier molecular flexibility index (Phi) is 8.82. The summed E-state index contributed by atoms with van der Waals surface area (Å²) >= 11 is 0.